The Morgan fingerprint density at radius 2 is 1.92 bits per heavy atom. The lowest BCUT2D eigenvalue weighted by Crippen LogP contribution is -2.29. The number of hydrogen-bond acceptors (Lipinski definition) is 6. The number of carbonyl (C=O) groups is 1. The van der Waals surface area contributed by atoms with Crippen LogP contribution < -0.4 is 10.2 Å². The number of aromatic nitrogens is 1. The number of rotatable bonds is 5. The Morgan fingerprint density at radius 3 is 2.54 bits per heavy atom. The van der Waals surface area contributed by atoms with E-state index in [9.17, 15) is 17.6 Å². The van der Waals surface area contributed by atoms with Crippen LogP contribution in [-0.2, 0) is 14.6 Å². The quantitative estimate of drug-likeness (QED) is 0.721. The molecule has 0 saturated heterocycles. The normalized spacial score (nSPS) is 11.5. The fourth-order valence-corrected chi connectivity index (χ4v) is 3.91. The molecule has 0 aliphatic carbocycles. The van der Waals surface area contributed by atoms with Crippen LogP contribution >= 0.6 is 11.3 Å². The van der Waals surface area contributed by atoms with Crippen molar-refractivity contribution in [1.29, 1.82) is 0 Å². The molecule has 1 amide bonds. The molecule has 6 nitrogen and oxygen atoms in total. The summed E-state index contributed by atoms with van der Waals surface area (Å²) in [5, 5.41) is 3.23. The van der Waals surface area contributed by atoms with Crippen LogP contribution in [0, 0.1) is 5.82 Å². The van der Waals surface area contributed by atoms with Crippen LogP contribution in [0.3, 0.4) is 0 Å². The molecule has 2 aromatic carbocycles. The number of fused-ring (bicyclic) bond motifs is 1. The first kappa shape index (κ1) is 18.3. The molecular formula is C17H16FN3O3S2. The van der Waals surface area contributed by atoms with Gasteiger partial charge in [-0.3, -0.25) is 4.79 Å². The summed E-state index contributed by atoms with van der Waals surface area (Å²) in [4.78, 5) is 18.2. The summed E-state index contributed by atoms with van der Waals surface area (Å²) in [6, 6.07) is 10.7. The highest BCUT2D eigenvalue weighted by atomic mass is 32.2. The van der Waals surface area contributed by atoms with Gasteiger partial charge in [0.2, 0.25) is 5.91 Å². The van der Waals surface area contributed by atoms with Gasteiger partial charge in [0.05, 0.1) is 16.1 Å². The van der Waals surface area contributed by atoms with E-state index in [0.29, 0.717) is 15.5 Å². The highest BCUT2D eigenvalue weighted by Crippen LogP contribution is 2.29. The number of amides is 1. The molecule has 1 aromatic heterocycles. The maximum Gasteiger partial charge on any atom is 0.243 e. The fourth-order valence-electron chi connectivity index (χ4n) is 2.34. The molecule has 0 fully saturated rings. The number of nitrogens with one attached hydrogen (secondary N) is 1. The molecule has 3 rings (SSSR count). The predicted octanol–water partition coefficient (Wildman–Crippen LogP) is 2.91. The zero-order valence-electron chi connectivity index (χ0n) is 14.1. The van der Waals surface area contributed by atoms with Gasteiger partial charge < -0.3 is 10.2 Å². The summed E-state index contributed by atoms with van der Waals surface area (Å²) < 4.78 is 37.3. The number of thiazole rings is 1. The second-order valence-electron chi connectivity index (χ2n) is 5.78. The Morgan fingerprint density at radius 1 is 1.23 bits per heavy atom. The molecule has 26 heavy (non-hydrogen) atoms. The largest absolute Gasteiger partial charge is 0.342 e. The smallest absolute Gasteiger partial charge is 0.243 e. The predicted molar refractivity (Wildman–Crippen MR) is 101 cm³/mol. The highest BCUT2D eigenvalue weighted by molar-refractivity contribution is 7.90. The highest BCUT2D eigenvalue weighted by Gasteiger charge is 2.14. The lowest BCUT2D eigenvalue weighted by Gasteiger charge is -2.15. The molecule has 0 aliphatic rings. The molecule has 3 aromatic rings. The molecule has 0 radical (unpaired) electrons. The van der Waals surface area contributed by atoms with Crippen LogP contribution in [0.2, 0.25) is 0 Å². The van der Waals surface area contributed by atoms with Crippen molar-refractivity contribution in [3.05, 3.63) is 48.3 Å². The summed E-state index contributed by atoms with van der Waals surface area (Å²) >= 11 is 1.30. The standard InChI is InChI=1S/C17H16FN3O3S2/c1-21(17-20-16-13(18)4-3-5-14(16)25-17)10-15(22)19-11-6-8-12(9-7-11)26(2,23)24/h3-9H,10H2,1-2H3,(H,19,22). The maximum atomic E-state index is 13.7. The van der Waals surface area contributed by atoms with Gasteiger partial charge in [-0.2, -0.15) is 0 Å². The van der Waals surface area contributed by atoms with Crippen LogP contribution in [0.4, 0.5) is 15.2 Å². The van der Waals surface area contributed by atoms with Crippen LogP contribution in [0.5, 0.6) is 0 Å². The minimum Gasteiger partial charge on any atom is -0.342 e. The SMILES string of the molecule is CN(CC(=O)Nc1ccc(S(C)(=O)=O)cc1)c1nc2c(F)cccc2s1. The van der Waals surface area contributed by atoms with Gasteiger partial charge in [0, 0.05) is 19.0 Å². The second kappa shape index (κ2) is 7.00. The lowest BCUT2D eigenvalue weighted by atomic mass is 10.3. The third-order valence-electron chi connectivity index (χ3n) is 3.63. The fraction of sp³-hybridized carbons (Fsp3) is 0.176. The van der Waals surface area contributed by atoms with Gasteiger partial charge in [-0.05, 0) is 36.4 Å². The summed E-state index contributed by atoms with van der Waals surface area (Å²) in [6.07, 6.45) is 1.12. The van der Waals surface area contributed by atoms with E-state index in [-0.39, 0.29) is 22.9 Å². The van der Waals surface area contributed by atoms with Gasteiger partial charge in [-0.25, -0.2) is 17.8 Å². The van der Waals surface area contributed by atoms with Gasteiger partial charge in [-0.15, -0.1) is 0 Å². The number of carbonyl (C=O) groups excluding carboxylic acids is 1. The van der Waals surface area contributed by atoms with Crippen LogP contribution in [-0.4, -0.2) is 39.2 Å². The van der Waals surface area contributed by atoms with Crippen molar-refractivity contribution in [2.75, 3.05) is 30.1 Å². The summed E-state index contributed by atoms with van der Waals surface area (Å²) in [5.74, 6) is -0.687. The molecule has 9 heteroatoms. The summed E-state index contributed by atoms with van der Waals surface area (Å²) in [6.45, 7) is 0.0231. The monoisotopic (exact) mass is 393 g/mol. The van der Waals surface area contributed by atoms with E-state index in [1.165, 1.54) is 41.7 Å². The number of halogens is 1. The minimum atomic E-state index is -3.28. The van der Waals surface area contributed by atoms with Gasteiger partial charge >= 0.3 is 0 Å². The Balaban J connectivity index is 1.68. The zero-order valence-corrected chi connectivity index (χ0v) is 15.7. The molecule has 0 bridgehead atoms. The number of sulfone groups is 1. The summed E-state index contributed by atoms with van der Waals surface area (Å²) in [7, 11) is -1.58. The van der Waals surface area contributed by atoms with Gasteiger partial charge in [0.25, 0.3) is 0 Å². The van der Waals surface area contributed by atoms with Gasteiger partial charge in [-0.1, -0.05) is 17.4 Å². The first-order valence-corrected chi connectivity index (χ1v) is 10.3. The molecule has 1 heterocycles. The van der Waals surface area contributed by atoms with Crippen LogP contribution in [0.15, 0.2) is 47.4 Å². The van der Waals surface area contributed by atoms with Crippen molar-refractivity contribution >= 4 is 48.1 Å². The topological polar surface area (TPSA) is 79.4 Å². The van der Waals surface area contributed by atoms with Crippen molar-refractivity contribution in [3.8, 4) is 0 Å². The third kappa shape index (κ3) is 4.00. The number of likely N-dealkylation sites (N-methyl/N-ethyl adjacent to an activating group) is 1. The first-order chi connectivity index (χ1) is 12.2. The zero-order chi connectivity index (χ0) is 18.9. The third-order valence-corrected chi connectivity index (χ3v) is 5.90. The van der Waals surface area contributed by atoms with E-state index >= 15 is 0 Å². The average molecular weight is 393 g/mol. The van der Waals surface area contributed by atoms with Gasteiger partial charge in [0.15, 0.2) is 15.0 Å². The van der Waals surface area contributed by atoms with Crippen molar-refractivity contribution in [3.63, 3.8) is 0 Å². The molecule has 0 aliphatic heterocycles. The Kier molecular flexibility index (Phi) is 4.92. The number of nitrogens with zero attached hydrogens (tertiary/aromatic N) is 2. The van der Waals surface area contributed by atoms with Crippen molar-refractivity contribution in [2.24, 2.45) is 0 Å². The van der Waals surface area contributed by atoms with Gasteiger partial charge in [0.1, 0.15) is 11.3 Å². The number of anilines is 2. The number of hydrogen-bond donors (Lipinski definition) is 1. The van der Waals surface area contributed by atoms with E-state index in [2.05, 4.69) is 10.3 Å². The lowest BCUT2D eigenvalue weighted by molar-refractivity contribution is -0.114. The maximum absolute atomic E-state index is 13.7. The van der Waals surface area contributed by atoms with E-state index in [1.54, 1.807) is 24.1 Å². The molecule has 0 spiro atoms. The van der Waals surface area contributed by atoms with Crippen LogP contribution in [0.1, 0.15) is 0 Å². The first-order valence-electron chi connectivity index (χ1n) is 7.60. The average Bonchev–Trinajstić information content (AvgIpc) is 3.00. The molecule has 136 valence electrons. The van der Waals surface area contributed by atoms with Crippen molar-refractivity contribution in [2.45, 2.75) is 4.90 Å². The Hall–Kier alpha value is -2.52. The number of para-hydroxylation sites is 1. The van der Waals surface area contributed by atoms with Crippen molar-refractivity contribution in [1.82, 2.24) is 4.98 Å². The molecule has 0 saturated carbocycles. The minimum absolute atomic E-state index is 0.0231. The molecular weight excluding hydrogens is 377 g/mol. The second-order valence-corrected chi connectivity index (χ2v) is 8.81. The number of benzene rings is 2. The molecule has 0 atom stereocenters. The summed E-state index contributed by atoms with van der Waals surface area (Å²) in [5.41, 5.74) is 0.780. The van der Waals surface area contributed by atoms with E-state index in [4.69, 9.17) is 0 Å². The van der Waals surface area contributed by atoms with E-state index in [1.807, 2.05) is 0 Å². The van der Waals surface area contributed by atoms with E-state index < -0.39 is 15.7 Å². The Bertz CT molecular complexity index is 1060. The Labute approximate surface area is 154 Å². The van der Waals surface area contributed by atoms with Crippen LogP contribution in [0.25, 0.3) is 10.2 Å². The molecule has 1 N–H and O–H groups in total. The van der Waals surface area contributed by atoms with E-state index in [0.717, 1.165) is 6.26 Å². The molecule has 0 unspecified atom stereocenters. The van der Waals surface area contributed by atoms with Crippen molar-refractivity contribution < 1.29 is 17.6 Å².